The molecule has 0 unspecified atom stereocenters. The quantitative estimate of drug-likeness (QED) is 0.363. The molecule has 38 heavy (non-hydrogen) atoms. The van der Waals surface area contributed by atoms with E-state index < -0.39 is 21.4 Å². The van der Waals surface area contributed by atoms with E-state index in [9.17, 15) is 18.0 Å². The fraction of sp³-hybridized carbons (Fsp3) is 0.429. The van der Waals surface area contributed by atoms with Gasteiger partial charge in [0.05, 0.1) is 4.90 Å². The van der Waals surface area contributed by atoms with Gasteiger partial charge in [0.1, 0.15) is 5.56 Å². The maximum atomic E-state index is 13.1. The first-order valence-electron chi connectivity index (χ1n) is 13.3. The first-order valence-corrected chi connectivity index (χ1v) is 14.7. The Morgan fingerprint density at radius 1 is 1.00 bits per heavy atom. The molecular weight excluding hydrogens is 502 g/mol. The number of nitrogens with zero attached hydrogens (tertiary/aromatic N) is 3. The Bertz CT molecular complexity index is 1400. The number of aromatic amines is 1. The van der Waals surface area contributed by atoms with E-state index in [1.54, 1.807) is 19.9 Å². The third-order valence-corrected chi connectivity index (χ3v) is 9.14. The smallest absolute Gasteiger partial charge is 0.256 e. The summed E-state index contributed by atoms with van der Waals surface area (Å²) in [6.45, 7) is 10.5. The Kier molecular flexibility index (Phi) is 9.32. The molecule has 0 spiro atoms. The van der Waals surface area contributed by atoms with Crippen LogP contribution in [0.5, 0.6) is 0 Å². The second-order valence-electron chi connectivity index (χ2n) is 9.54. The number of H-pyrrole nitrogens is 1. The molecule has 2 N–H and O–H groups in total. The molecule has 1 saturated heterocycles. The largest absolute Gasteiger partial charge is 0.360 e. The molecule has 4 rings (SSSR count). The number of amides is 1. The van der Waals surface area contributed by atoms with Gasteiger partial charge in [0.25, 0.3) is 5.91 Å². The molecule has 0 bridgehead atoms. The molecule has 9 nitrogen and oxygen atoms in total. The number of sulfonamides is 1. The SMILES string of the molecule is CCN(CC)S(=O)(=O)c1ccc2[nH]cc(C(=O)NCCCN3CCN(Cc4ccccc4)CC3)c(=O)c2c1. The highest BCUT2D eigenvalue weighted by molar-refractivity contribution is 7.89. The van der Waals surface area contributed by atoms with Gasteiger partial charge < -0.3 is 15.2 Å². The first kappa shape index (κ1) is 28.0. The summed E-state index contributed by atoms with van der Waals surface area (Å²) < 4.78 is 27.1. The number of benzene rings is 2. The van der Waals surface area contributed by atoms with Crippen molar-refractivity contribution in [1.29, 1.82) is 0 Å². The van der Waals surface area contributed by atoms with Crippen LogP contribution in [0.15, 0.2) is 64.4 Å². The number of nitrogens with one attached hydrogen (secondary N) is 2. The molecule has 2 heterocycles. The van der Waals surface area contributed by atoms with Crippen molar-refractivity contribution in [1.82, 2.24) is 24.4 Å². The molecule has 204 valence electrons. The lowest BCUT2D eigenvalue weighted by atomic mass is 10.1. The van der Waals surface area contributed by atoms with Crippen molar-refractivity contribution >= 4 is 26.8 Å². The van der Waals surface area contributed by atoms with Crippen LogP contribution in [0.2, 0.25) is 0 Å². The van der Waals surface area contributed by atoms with E-state index in [0.29, 0.717) is 25.2 Å². The molecule has 0 saturated carbocycles. The molecule has 1 fully saturated rings. The summed E-state index contributed by atoms with van der Waals surface area (Å²) in [6, 6.07) is 14.9. The third-order valence-electron chi connectivity index (χ3n) is 7.09. The summed E-state index contributed by atoms with van der Waals surface area (Å²) in [5.74, 6) is -0.460. The molecule has 1 aliphatic rings. The van der Waals surface area contributed by atoms with Gasteiger partial charge in [0, 0.05) is 69.5 Å². The van der Waals surface area contributed by atoms with Crippen molar-refractivity contribution in [3.8, 4) is 0 Å². The third kappa shape index (κ3) is 6.50. The van der Waals surface area contributed by atoms with Crippen LogP contribution in [0, 0.1) is 0 Å². The van der Waals surface area contributed by atoms with Gasteiger partial charge >= 0.3 is 0 Å². The Hall–Kier alpha value is -3.05. The molecule has 10 heteroatoms. The molecule has 1 aliphatic heterocycles. The van der Waals surface area contributed by atoms with Crippen molar-refractivity contribution in [2.24, 2.45) is 0 Å². The monoisotopic (exact) mass is 539 g/mol. The number of aromatic nitrogens is 1. The van der Waals surface area contributed by atoms with Crippen molar-refractivity contribution < 1.29 is 13.2 Å². The number of pyridine rings is 1. The fourth-order valence-electron chi connectivity index (χ4n) is 4.85. The molecule has 1 aromatic heterocycles. The summed E-state index contributed by atoms with van der Waals surface area (Å²) in [5, 5.41) is 3.02. The van der Waals surface area contributed by atoms with E-state index in [1.807, 2.05) is 6.07 Å². The summed E-state index contributed by atoms with van der Waals surface area (Å²) in [5.41, 5.74) is 1.30. The fourth-order valence-corrected chi connectivity index (χ4v) is 6.34. The molecule has 0 aliphatic carbocycles. The minimum Gasteiger partial charge on any atom is -0.360 e. The molecular formula is C28H37N5O4S. The van der Waals surface area contributed by atoms with Gasteiger partial charge in [0.2, 0.25) is 15.5 Å². The molecule has 2 aromatic carbocycles. The number of fused-ring (bicyclic) bond motifs is 1. The first-order chi connectivity index (χ1) is 18.3. The van der Waals surface area contributed by atoms with E-state index in [2.05, 4.69) is 44.4 Å². The van der Waals surface area contributed by atoms with Crippen LogP contribution < -0.4 is 10.7 Å². The lowest BCUT2D eigenvalue weighted by Gasteiger charge is -2.34. The minimum atomic E-state index is -3.72. The summed E-state index contributed by atoms with van der Waals surface area (Å²) in [6.07, 6.45) is 2.17. The normalized spacial score (nSPS) is 15.2. The summed E-state index contributed by atoms with van der Waals surface area (Å²) in [7, 11) is -3.72. The number of piperazine rings is 1. The highest BCUT2D eigenvalue weighted by Gasteiger charge is 2.23. The maximum Gasteiger partial charge on any atom is 0.256 e. The van der Waals surface area contributed by atoms with E-state index in [-0.39, 0.29) is 15.8 Å². The second-order valence-corrected chi connectivity index (χ2v) is 11.5. The van der Waals surface area contributed by atoms with Crippen LogP contribution in [0.1, 0.15) is 36.2 Å². The van der Waals surface area contributed by atoms with Crippen molar-refractivity contribution in [3.63, 3.8) is 0 Å². The van der Waals surface area contributed by atoms with E-state index >= 15 is 0 Å². The van der Waals surface area contributed by atoms with Gasteiger partial charge in [-0.3, -0.25) is 14.5 Å². The Balaban J connectivity index is 1.30. The van der Waals surface area contributed by atoms with Crippen LogP contribution in [-0.2, 0) is 16.6 Å². The lowest BCUT2D eigenvalue weighted by Crippen LogP contribution is -2.46. The Labute approximate surface area is 224 Å². The van der Waals surface area contributed by atoms with Gasteiger partial charge in [-0.25, -0.2) is 8.42 Å². The van der Waals surface area contributed by atoms with Crippen molar-refractivity contribution in [2.45, 2.75) is 31.7 Å². The van der Waals surface area contributed by atoms with E-state index in [4.69, 9.17) is 0 Å². The number of hydrogen-bond acceptors (Lipinski definition) is 6. The summed E-state index contributed by atoms with van der Waals surface area (Å²) in [4.78, 5) is 33.7. The van der Waals surface area contributed by atoms with Crippen molar-refractivity contribution in [2.75, 3.05) is 52.4 Å². The van der Waals surface area contributed by atoms with Crippen LogP contribution in [-0.4, -0.2) is 85.8 Å². The van der Waals surface area contributed by atoms with Gasteiger partial charge in [-0.2, -0.15) is 4.31 Å². The number of hydrogen-bond donors (Lipinski definition) is 2. The van der Waals surface area contributed by atoms with E-state index in [0.717, 1.165) is 45.7 Å². The Morgan fingerprint density at radius 3 is 2.37 bits per heavy atom. The predicted molar refractivity (Wildman–Crippen MR) is 150 cm³/mol. The van der Waals surface area contributed by atoms with Gasteiger partial charge in [-0.05, 0) is 36.7 Å². The zero-order valence-corrected chi connectivity index (χ0v) is 23.0. The molecule has 0 atom stereocenters. The van der Waals surface area contributed by atoms with Crippen LogP contribution in [0.25, 0.3) is 10.9 Å². The van der Waals surface area contributed by atoms with Crippen molar-refractivity contribution in [3.05, 3.63) is 76.1 Å². The highest BCUT2D eigenvalue weighted by atomic mass is 32.2. The molecule has 1 amide bonds. The summed E-state index contributed by atoms with van der Waals surface area (Å²) >= 11 is 0. The number of carbonyl (C=O) groups is 1. The van der Waals surface area contributed by atoms with Crippen LogP contribution in [0.4, 0.5) is 0 Å². The topological polar surface area (TPSA) is 106 Å². The van der Waals surface area contributed by atoms with E-state index in [1.165, 1.54) is 28.2 Å². The average molecular weight is 540 g/mol. The van der Waals surface area contributed by atoms with Crippen LogP contribution in [0.3, 0.4) is 0 Å². The lowest BCUT2D eigenvalue weighted by molar-refractivity contribution is 0.0946. The van der Waals surface area contributed by atoms with Gasteiger partial charge in [0.15, 0.2) is 0 Å². The zero-order valence-electron chi connectivity index (χ0n) is 22.2. The maximum absolute atomic E-state index is 13.1. The van der Waals surface area contributed by atoms with Crippen LogP contribution >= 0.6 is 0 Å². The number of carbonyl (C=O) groups excluding carboxylic acids is 1. The highest BCUT2D eigenvalue weighted by Crippen LogP contribution is 2.19. The Morgan fingerprint density at radius 2 is 1.68 bits per heavy atom. The van der Waals surface area contributed by atoms with Gasteiger partial charge in [-0.1, -0.05) is 44.2 Å². The molecule has 0 radical (unpaired) electrons. The van der Waals surface area contributed by atoms with Gasteiger partial charge in [-0.15, -0.1) is 0 Å². The average Bonchev–Trinajstić information content (AvgIpc) is 2.93. The predicted octanol–water partition coefficient (Wildman–Crippen LogP) is 2.50. The zero-order chi connectivity index (χ0) is 27.1. The number of rotatable bonds is 11. The minimum absolute atomic E-state index is 0.0237. The second kappa shape index (κ2) is 12.7. The standard InChI is InChI=1S/C28H37N5O4S/c1-3-33(4-2)38(36,37)23-11-12-26-24(19-23)27(34)25(20-30-26)28(35)29-13-8-14-31-15-17-32(18-16-31)21-22-9-6-5-7-10-22/h5-7,9-12,19-20H,3-4,8,13-18,21H2,1-2H3,(H,29,35)(H,30,34). The molecule has 3 aromatic rings.